The molecule has 0 radical (unpaired) electrons. The van der Waals surface area contributed by atoms with Gasteiger partial charge in [0.1, 0.15) is 0 Å². The third kappa shape index (κ3) is 10.3. The summed E-state index contributed by atoms with van der Waals surface area (Å²) in [5.74, 6) is 0.359. The van der Waals surface area contributed by atoms with Crippen molar-refractivity contribution in [3.63, 3.8) is 0 Å². The first kappa shape index (κ1) is 19.9. The number of amides is 2. The Balaban J connectivity index is 3.99. The fourth-order valence-corrected chi connectivity index (χ4v) is 2.25. The highest BCUT2D eigenvalue weighted by Gasteiger charge is 2.15. The van der Waals surface area contributed by atoms with E-state index in [4.69, 9.17) is 10.5 Å². The molecular weight excluding hydrogens is 270 g/mol. The van der Waals surface area contributed by atoms with Gasteiger partial charge in [-0.3, -0.25) is 9.59 Å². The number of nitrogens with one attached hydrogen (secondary N) is 1. The number of ether oxygens (including phenoxy) is 1. The van der Waals surface area contributed by atoms with Gasteiger partial charge in [-0.2, -0.15) is 0 Å². The Labute approximate surface area is 128 Å². The molecule has 0 spiro atoms. The van der Waals surface area contributed by atoms with Gasteiger partial charge in [0.05, 0.1) is 13.2 Å². The zero-order valence-corrected chi connectivity index (χ0v) is 13.7. The van der Waals surface area contributed by atoms with Crippen LogP contribution in [0.1, 0.15) is 39.0 Å². The summed E-state index contributed by atoms with van der Waals surface area (Å²) in [6.07, 6.45) is 4.50. The first-order valence-electron chi connectivity index (χ1n) is 7.74. The van der Waals surface area contributed by atoms with Crippen LogP contribution in [0.5, 0.6) is 0 Å². The summed E-state index contributed by atoms with van der Waals surface area (Å²) in [4.78, 5) is 25.1. The van der Waals surface area contributed by atoms with Crippen molar-refractivity contribution < 1.29 is 14.3 Å². The van der Waals surface area contributed by atoms with Crippen LogP contribution >= 0.6 is 0 Å². The molecule has 1 atom stereocenters. The average Bonchev–Trinajstić information content (AvgIpc) is 2.45. The topological polar surface area (TPSA) is 84.7 Å². The smallest absolute Gasteiger partial charge is 0.239 e. The highest BCUT2D eigenvalue weighted by Crippen LogP contribution is 2.17. The zero-order chi connectivity index (χ0) is 16.1. The quantitative estimate of drug-likeness (QED) is 0.521. The molecule has 0 aromatic rings. The Bertz CT molecular complexity index is 292. The molecule has 0 bridgehead atoms. The molecule has 0 saturated carbocycles. The minimum atomic E-state index is -0.157. The van der Waals surface area contributed by atoms with Gasteiger partial charge in [-0.05, 0) is 25.3 Å². The van der Waals surface area contributed by atoms with Gasteiger partial charge in [0.2, 0.25) is 11.8 Å². The number of likely N-dealkylation sites (N-methyl/N-ethyl adjacent to an activating group) is 1. The normalized spacial score (nSPS) is 12.0. The van der Waals surface area contributed by atoms with Crippen molar-refractivity contribution in [3.05, 3.63) is 0 Å². The number of methoxy groups -OCH3 is 1. The Hall–Kier alpha value is -1.14. The summed E-state index contributed by atoms with van der Waals surface area (Å²) in [6.45, 7) is 3.84. The van der Waals surface area contributed by atoms with Crippen molar-refractivity contribution in [2.45, 2.75) is 39.0 Å². The molecule has 1 unspecified atom stereocenters. The second-order valence-corrected chi connectivity index (χ2v) is 5.36. The Morgan fingerprint density at radius 3 is 2.57 bits per heavy atom. The monoisotopic (exact) mass is 301 g/mol. The van der Waals surface area contributed by atoms with Crippen LogP contribution in [-0.2, 0) is 14.3 Å². The van der Waals surface area contributed by atoms with Crippen LogP contribution < -0.4 is 11.1 Å². The van der Waals surface area contributed by atoms with E-state index in [0.29, 0.717) is 32.0 Å². The largest absolute Gasteiger partial charge is 0.383 e. The number of carbonyl (C=O) groups is 2. The second kappa shape index (κ2) is 12.6. The fourth-order valence-electron chi connectivity index (χ4n) is 2.25. The van der Waals surface area contributed by atoms with Crippen LogP contribution in [0.25, 0.3) is 0 Å². The summed E-state index contributed by atoms with van der Waals surface area (Å²) in [7, 11) is 3.24. The summed E-state index contributed by atoms with van der Waals surface area (Å²) >= 11 is 0. The average molecular weight is 301 g/mol. The Morgan fingerprint density at radius 1 is 1.29 bits per heavy atom. The molecule has 0 aliphatic heterocycles. The molecule has 6 nitrogen and oxygen atoms in total. The van der Waals surface area contributed by atoms with Gasteiger partial charge in [0.15, 0.2) is 0 Å². The van der Waals surface area contributed by atoms with Crippen molar-refractivity contribution >= 4 is 11.8 Å². The van der Waals surface area contributed by atoms with Crippen molar-refractivity contribution in [3.8, 4) is 0 Å². The lowest BCUT2D eigenvalue weighted by Gasteiger charge is -2.19. The molecular formula is C15H31N3O3. The van der Waals surface area contributed by atoms with Crippen molar-refractivity contribution in [1.82, 2.24) is 10.2 Å². The maximum absolute atomic E-state index is 12.0. The molecule has 0 aliphatic carbocycles. The molecule has 0 heterocycles. The van der Waals surface area contributed by atoms with Gasteiger partial charge in [0.25, 0.3) is 0 Å². The van der Waals surface area contributed by atoms with E-state index >= 15 is 0 Å². The first-order valence-corrected chi connectivity index (χ1v) is 7.74. The van der Waals surface area contributed by atoms with Crippen LogP contribution in [0.2, 0.25) is 0 Å². The molecule has 2 amide bonds. The van der Waals surface area contributed by atoms with Crippen LogP contribution in [-0.4, -0.2) is 57.1 Å². The molecule has 0 rings (SSSR count). The van der Waals surface area contributed by atoms with Crippen LogP contribution in [0.3, 0.4) is 0 Å². The Kier molecular flexibility index (Phi) is 11.9. The number of nitrogens with two attached hydrogens (primary N) is 1. The van der Waals surface area contributed by atoms with Gasteiger partial charge in [-0.15, -0.1) is 0 Å². The second-order valence-electron chi connectivity index (χ2n) is 5.36. The highest BCUT2D eigenvalue weighted by atomic mass is 16.5. The van der Waals surface area contributed by atoms with Crippen LogP contribution in [0.4, 0.5) is 0 Å². The van der Waals surface area contributed by atoms with E-state index in [9.17, 15) is 9.59 Å². The maximum Gasteiger partial charge on any atom is 0.239 e. The molecule has 0 fully saturated rings. The van der Waals surface area contributed by atoms with E-state index in [-0.39, 0.29) is 18.4 Å². The predicted molar refractivity (Wildman–Crippen MR) is 83.8 cm³/mol. The molecule has 0 aliphatic rings. The number of rotatable bonds is 12. The van der Waals surface area contributed by atoms with Crippen molar-refractivity contribution in [2.75, 3.05) is 40.4 Å². The molecule has 3 N–H and O–H groups in total. The maximum atomic E-state index is 12.0. The lowest BCUT2D eigenvalue weighted by atomic mass is 9.94. The lowest BCUT2D eigenvalue weighted by Crippen LogP contribution is -2.39. The number of carbonyl (C=O) groups excluding carboxylic acids is 2. The SMILES string of the molecule is CCCC(CCN)CCC(=O)N(C)CC(=O)NCCOC. The molecule has 6 heteroatoms. The highest BCUT2D eigenvalue weighted by molar-refractivity contribution is 5.84. The van der Waals surface area contributed by atoms with E-state index in [1.54, 1.807) is 14.2 Å². The molecule has 124 valence electrons. The third-order valence-electron chi connectivity index (χ3n) is 3.47. The lowest BCUT2D eigenvalue weighted by molar-refractivity contribution is -0.135. The van der Waals surface area contributed by atoms with E-state index in [1.807, 2.05) is 0 Å². The third-order valence-corrected chi connectivity index (χ3v) is 3.47. The number of hydrogen-bond donors (Lipinski definition) is 2. The van der Waals surface area contributed by atoms with E-state index in [0.717, 1.165) is 25.7 Å². The minimum Gasteiger partial charge on any atom is -0.383 e. The van der Waals surface area contributed by atoms with Gasteiger partial charge in [-0.25, -0.2) is 0 Å². The van der Waals surface area contributed by atoms with Crippen molar-refractivity contribution in [2.24, 2.45) is 11.7 Å². The van der Waals surface area contributed by atoms with Crippen molar-refractivity contribution in [1.29, 1.82) is 0 Å². The summed E-state index contributed by atoms with van der Waals surface area (Å²) < 4.78 is 4.85. The van der Waals surface area contributed by atoms with E-state index in [1.165, 1.54) is 4.90 Å². The molecule has 0 saturated heterocycles. The van der Waals surface area contributed by atoms with Crippen LogP contribution in [0.15, 0.2) is 0 Å². The standard InChI is InChI=1S/C15H31N3O3/c1-4-5-13(8-9-16)6-7-15(20)18(2)12-14(19)17-10-11-21-3/h13H,4-12,16H2,1-3H3,(H,17,19). The van der Waals surface area contributed by atoms with Gasteiger partial charge >= 0.3 is 0 Å². The minimum absolute atomic E-state index is 0.00927. The zero-order valence-electron chi connectivity index (χ0n) is 13.7. The summed E-state index contributed by atoms with van der Waals surface area (Å²) in [5.41, 5.74) is 5.59. The van der Waals surface area contributed by atoms with Gasteiger partial charge < -0.3 is 20.7 Å². The van der Waals surface area contributed by atoms with E-state index in [2.05, 4.69) is 12.2 Å². The van der Waals surface area contributed by atoms with Crippen LogP contribution in [0, 0.1) is 5.92 Å². The van der Waals surface area contributed by atoms with E-state index < -0.39 is 0 Å². The molecule has 21 heavy (non-hydrogen) atoms. The number of nitrogens with zero attached hydrogens (tertiary/aromatic N) is 1. The molecule has 0 aromatic heterocycles. The van der Waals surface area contributed by atoms with Gasteiger partial charge in [0, 0.05) is 27.1 Å². The van der Waals surface area contributed by atoms with Gasteiger partial charge in [-0.1, -0.05) is 19.8 Å². The summed E-state index contributed by atoms with van der Waals surface area (Å²) in [6, 6.07) is 0. The predicted octanol–water partition coefficient (Wildman–Crippen LogP) is 0.753. The summed E-state index contributed by atoms with van der Waals surface area (Å²) in [5, 5.41) is 2.70. The first-order chi connectivity index (χ1) is 10.0. The Morgan fingerprint density at radius 2 is 2.00 bits per heavy atom. The fraction of sp³-hybridized carbons (Fsp3) is 0.867. The molecule has 0 aromatic carbocycles. The number of hydrogen-bond acceptors (Lipinski definition) is 4.